The van der Waals surface area contributed by atoms with Gasteiger partial charge < -0.3 is 28.8 Å². The number of phenolic OH excluding ortho intramolecular Hbond substituents is 2. The van der Waals surface area contributed by atoms with Crippen molar-refractivity contribution in [3.8, 4) is 40.1 Å². The van der Waals surface area contributed by atoms with Gasteiger partial charge in [-0.2, -0.15) is 0 Å². The maximum absolute atomic E-state index is 13.2. The van der Waals surface area contributed by atoms with E-state index in [-0.39, 0.29) is 33.7 Å². The number of benzene rings is 2. The maximum Gasteiger partial charge on any atom is 0.204 e. The van der Waals surface area contributed by atoms with Gasteiger partial charge in [-0.15, -0.1) is 0 Å². The van der Waals surface area contributed by atoms with Crippen LogP contribution in [0.4, 0.5) is 0 Å². The molecule has 0 aliphatic carbocycles. The van der Waals surface area contributed by atoms with Gasteiger partial charge in [0.1, 0.15) is 16.7 Å². The molecule has 0 spiro atoms. The summed E-state index contributed by atoms with van der Waals surface area (Å²) < 4.78 is 23.1. The van der Waals surface area contributed by atoms with E-state index < -0.39 is 0 Å². The van der Waals surface area contributed by atoms with E-state index in [0.717, 1.165) is 19.3 Å². The Morgan fingerprint density at radius 2 is 1.44 bits per heavy atom. The molecule has 0 bridgehead atoms. The van der Waals surface area contributed by atoms with Crippen LogP contribution in [0.25, 0.3) is 22.3 Å². The second-order valence-corrected chi connectivity index (χ2v) is 9.02. The predicted molar refractivity (Wildman–Crippen MR) is 142 cm³/mol. The second kappa shape index (κ2) is 13.7. The summed E-state index contributed by atoms with van der Waals surface area (Å²) >= 11 is 0. The minimum Gasteiger partial charge on any atom is -0.504 e. The van der Waals surface area contributed by atoms with Gasteiger partial charge in [0, 0.05) is 17.7 Å². The fourth-order valence-corrected chi connectivity index (χ4v) is 4.31. The van der Waals surface area contributed by atoms with Crippen LogP contribution in [0.2, 0.25) is 0 Å². The third-order valence-electron chi connectivity index (χ3n) is 6.32. The first-order chi connectivity index (χ1) is 17.5. The van der Waals surface area contributed by atoms with Crippen LogP contribution < -0.4 is 19.6 Å². The first kappa shape index (κ1) is 27.2. The summed E-state index contributed by atoms with van der Waals surface area (Å²) in [5.41, 5.74) is 0.422. The van der Waals surface area contributed by atoms with E-state index in [1.165, 1.54) is 77.4 Å². The van der Waals surface area contributed by atoms with E-state index in [1.54, 1.807) is 12.1 Å². The first-order valence-corrected chi connectivity index (χ1v) is 12.9. The summed E-state index contributed by atoms with van der Waals surface area (Å²) in [5.74, 6) is 0.725. The zero-order valence-electron chi connectivity index (χ0n) is 21.6. The largest absolute Gasteiger partial charge is 0.504 e. The molecule has 2 N–H and O–H groups in total. The van der Waals surface area contributed by atoms with Crippen LogP contribution >= 0.6 is 0 Å². The van der Waals surface area contributed by atoms with Crippen molar-refractivity contribution in [2.75, 3.05) is 20.8 Å². The Labute approximate surface area is 212 Å². The van der Waals surface area contributed by atoms with Gasteiger partial charge in [0.25, 0.3) is 0 Å². The van der Waals surface area contributed by atoms with Crippen LogP contribution in [0, 0.1) is 0 Å². The van der Waals surface area contributed by atoms with E-state index in [1.807, 2.05) is 0 Å². The molecule has 36 heavy (non-hydrogen) atoms. The summed E-state index contributed by atoms with van der Waals surface area (Å²) in [7, 11) is 3.02. The number of hydrogen-bond donors (Lipinski definition) is 2. The number of unbranched alkanes of at least 4 members (excludes halogenated alkanes) is 9. The maximum atomic E-state index is 13.2. The van der Waals surface area contributed by atoms with Crippen molar-refractivity contribution in [1.82, 2.24) is 0 Å². The van der Waals surface area contributed by atoms with Crippen LogP contribution in [0.15, 0.2) is 39.5 Å². The smallest absolute Gasteiger partial charge is 0.204 e. The molecule has 0 atom stereocenters. The molecule has 3 rings (SSSR count). The number of hydrogen-bond acceptors (Lipinski definition) is 7. The minimum absolute atomic E-state index is 0.246. The average Bonchev–Trinajstić information content (AvgIpc) is 2.87. The molecule has 0 aliphatic rings. The summed E-state index contributed by atoms with van der Waals surface area (Å²) in [6, 6.07) is 7.16. The molecule has 0 unspecified atom stereocenters. The van der Waals surface area contributed by atoms with E-state index in [2.05, 4.69) is 6.92 Å². The lowest BCUT2D eigenvalue weighted by Crippen LogP contribution is -2.08. The molecular formula is C29H38O7. The molecular weight excluding hydrogens is 460 g/mol. The zero-order chi connectivity index (χ0) is 25.9. The molecule has 3 aromatic rings. The highest BCUT2D eigenvalue weighted by atomic mass is 16.5. The first-order valence-electron chi connectivity index (χ1n) is 12.9. The summed E-state index contributed by atoms with van der Waals surface area (Å²) in [4.78, 5) is 13.2. The van der Waals surface area contributed by atoms with Gasteiger partial charge in [-0.25, -0.2) is 0 Å². The lowest BCUT2D eigenvalue weighted by atomic mass is 10.1. The van der Waals surface area contributed by atoms with Gasteiger partial charge in [-0.3, -0.25) is 4.79 Å². The summed E-state index contributed by atoms with van der Waals surface area (Å²) in [6.07, 6.45) is 12.2. The van der Waals surface area contributed by atoms with Crippen LogP contribution in [0.5, 0.6) is 28.7 Å². The van der Waals surface area contributed by atoms with Crippen molar-refractivity contribution < 1.29 is 28.8 Å². The van der Waals surface area contributed by atoms with Crippen molar-refractivity contribution >= 4 is 11.0 Å². The van der Waals surface area contributed by atoms with E-state index in [0.29, 0.717) is 29.4 Å². The molecule has 1 aromatic heterocycles. The van der Waals surface area contributed by atoms with Crippen LogP contribution in [0.3, 0.4) is 0 Å². The van der Waals surface area contributed by atoms with Gasteiger partial charge in [-0.05, 0) is 24.6 Å². The summed E-state index contributed by atoms with van der Waals surface area (Å²) in [6.45, 7) is 2.68. The topological polar surface area (TPSA) is 98.4 Å². The monoisotopic (exact) mass is 498 g/mol. The Bertz CT molecular complexity index is 1180. The molecule has 0 aliphatic heterocycles. The van der Waals surface area contributed by atoms with Gasteiger partial charge in [0.15, 0.2) is 28.4 Å². The molecule has 0 saturated heterocycles. The van der Waals surface area contributed by atoms with Crippen LogP contribution in [-0.2, 0) is 0 Å². The van der Waals surface area contributed by atoms with Gasteiger partial charge in [0.05, 0.1) is 20.8 Å². The van der Waals surface area contributed by atoms with Crippen molar-refractivity contribution in [3.05, 3.63) is 40.6 Å². The number of fused-ring (bicyclic) bond motifs is 1. The van der Waals surface area contributed by atoms with Crippen molar-refractivity contribution in [2.24, 2.45) is 0 Å². The van der Waals surface area contributed by atoms with Gasteiger partial charge in [-0.1, -0.05) is 64.7 Å². The fraction of sp³-hybridized carbons (Fsp3) is 0.483. The standard InChI is InChI=1S/C29H38O7/c1-4-5-6-7-8-9-10-11-12-13-16-35-29-27-23(32)18-24(20-14-15-21(30)22(31)17-20)36-25(27)19-26(33-2)28(29)34-3/h14-15,17-19,30-31H,4-13,16H2,1-3H3. The SMILES string of the molecule is CCCCCCCCCCCCOc1c(OC)c(OC)cc2oc(-c3ccc(O)c(O)c3)cc(=O)c12. The van der Waals surface area contributed by atoms with Gasteiger partial charge in [0.2, 0.25) is 5.75 Å². The fourth-order valence-electron chi connectivity index (χ4n) is 4.31. The van der Waals surface area contributed by atoms with Crippen LogP contribution in [-0.4, -0.2) is 31.0 Å². The van der Waals surface area contributed by atoms with E-state index in [9.17, 15) is 15.0 Å². The Hall–Kier alpha value is -3.35. The number of methoxy groups -OCH3 is 2. The van der Waals surface area contributed by atoms with Crippen molar-refractivity contribution in [1.29, 1.82) is 0 Å². The molecule has 0 fully saturated rings. The zero-order valence-corrected chi connectivity index (χ0v) is 21.6. The Morgan fingerprint density at radius 3 is 2.06 bits per heavy atom. The van der Waals surface area contributed by atoms with Crippen LogP contribution in [0.1, 0.15) is 71.1 Å². The average molecular weight is 499 g/mol. The Kier molecular flexibility index (Phi) is 10.3. The lowest BCUT2D eigenvalue weighted by Gasteiger charge is -2.16. The number of ether oxygens (including phenoxy) is 3. The Balaban J connectivity index is 1.73. The third kappa shape index (κ3) is 6.86. The number of rotatable bonds is 15. The number of phenols is 2. The molecule has 1 heterocycles. The highest BCUT2D eigenvalue weighted by Gasteiger charge is 2.21. The highest BCUT2D eigenvalue weighted by molar-refractivity contribution is 5.90. The summed E-state index contributed by atoms with van der Waals surface area (Å²) in [5, 5.41) is 19.7. The van der Waals surface area contributed by atoms with E-state index >= 15 is 0 Å². The number of aromatic hydroxyl groups is 2. The van der Waals surface area contributed by atoms with E-state index in [4.69, 9.17) is 18.6 Å². The van der Waals surface area contributed by atoms with Crippen molar-refractivity contribution in [2.45, 2.75) is 71.1 Å². The van der Waals surface area contributed by atoms with Gasteiger partial charge >= 0.3 is 0 Å². The molecule has 7 nitrogen and oxygen atoms in total. The lowest BCUT2D eigenvalue weighted by molar-refractivity contribution is 0.279. The predicted octanol–water partition coefficient (Wildman–Crippen LogP) is 7.19. The Morgan fingerprint density at radius 1 is 0.778 bits per heavy atom. The highest BCUT2D eigenvalue weighted by Crippen LogP contribution is 2.43. The molecule has 0 radical (unpaired) electrons. The normalized spacial score (nSPS) is 11.1. The third-order valence-corrected chi connectivity index (χ3v) is 6.32. The van der Waals surface area contributed by atoms with Crippen molar-refractivity contribution in [3.63, 3.8) is 0 Å². The molecule has 196 valence electrons. The molecule has 0 amide bonds. The molecule has 0 saturated carbocycles. The second-order valence-electron chi connectivity index (χ2n) is 9.02. The molecule has 7 heteroatoms. The quantitative estimate of drug-likeness (QED) is 0.169. The molecule has 2 aromatic carbocycles. The minimum atomic E-state index is -0.308.